The Kier molecular flexibility index (Phi) is 5.75. The second-order valence-electron chi connectivity index (χ2n) is 4.40. The number of benzene rings is 1. The molecular formula is C13H20ClNO2. The summed E-state index contributed by atoms with van der Waals surface area (Å²) in [5.41, 5.74) is 1.95. The molecule has 0 radical (unpaired) electrons. The van der Waals surface area contributed by atoms with Crippen LogP contribution in [0.15, 0.2) is 18.2 Å². The summed E-state index contributed by atoms with van der Waals surface area (Å²) in [5, 5.41) is 13.4. The van der Waals surface area contributed by atoms with Crippen molar-refractivity contribution in [2.75, 3.05) is 18.5 Å². The quantitative estimate of drug-likeness (QED) is 0.824. The van der Waals surface area contributed by atoms with E-state index in [1.165, 1.54) is 0 Å². The van der Waals surface area contributed by atoms with Crippen molar-refractivity contribution in [3.63, 3.8) is 0 Å². The second-order valence-corrected chi connectivity index (χ2v) is 4.81. The minimum atomic E-state index is -0.533. The largest absolute Gasteiger partial charge is 0.389 e. The molecule has 4 heteroatoms. The highest BCUT2D eigenvalue weighted by atomic mass is 35.5. The second kappa shape index (κ2) is 6.84. The molecule has 0 spiro atoms. The van der Waals surface area contributed by atoms with Crippen LogP contribution in [0.25, 0.3) is 0 Å². The fraction of sp³-hybridized carbons (Fsp3) is 0.538. The summed E-state index contributed by atoms with van der Waals surface area (Å²) < 4.78 is 5.32. The number of rotatable bonds is 6. The number of nitrogens with one attached hydrogen (secondary N) is 1. The van der Waals surface area contributed by atoms with E-state index in [1.54, 1.807) is 0 Å². The monoisotopic (exact) mass is 257 g/mol. The van der Waals surface area contributed by atoms with Crippen LogP contribution in [0, 0.1) is 6.92 Å². The standard InChI is InChI=1S/C13H20ClNO2/c1-9(2)17-8-11(16)7-15-13-5-4-10(3)6-12(13)14/h4-6,9,11,15-16H,7-8H2,1-3H3. The lowest BCUT2D eigenvalue weighted by molar-refractivity contribution is 0.0112. The molecule has 0 aliphatic heterocycles. The van der Waals surface area contributed by atoms with E-state index in [1.807, 2.05) is 39.0 Å². The van der Waals surface area contributed by atoms with Gasteiger partial charge in [-0.1, -0.05) is 17.7 Å². The molecule has 0 amide bonds. The van der Waals surface area contributed by atoms with Crippen LogP contribution in [0.2, 0.25) is 5.02 Å². The third-order valence-electron chi connectivity index (χ3n) is 2.27. The van der Waals surface area contributed by atoms with E-state index in [4.69, 9.17) is 16.3 Å². The van der Waals surface area contributed by atoms with Gasteiger partial charge in [-0.25, -0.2) is 0 Å². The molecule has 2 N–H and O–H groups in total. The molecule has 1 atom stereocenters. The molecule has 96 valence electrons. The van der Waals surface area contributed by atoms with Gasteiger partial charge in [0.1, 0.15) is 0 Å². The highest BCUT2D eigenvalue weighted by molar-refractivity contribution is 6.33. The molecule has 1 rings (SSSR count). The molecule has 1 aromatic rings. The maximum Gasteiger partial charge on any atom is 0.0945 e. The average Bonchev–Trinajstić information content (AvgIpc) is 2.25. The predicted molar refractivity (Wildman–Crippen MR) is 71.8 cm³/mol. The van der Waals surface area contributed by atoms with Gasteiger partial charge in [0.2, 0.25) is 0 Å². The van der Waals surface area contributed by atoms with Gasteiger partial charge in [0.05, 0.1) is 29.5 Å². The Hall–Kier alpha value is -0.770. The normalized spacial score (nSPS) is 12.8. The molecule has 0 bridgehead atoms. The van der Waals surface area contributed by atoms with E-state index >= 15 is 0 Å². The molecule has 0 aliphatic rings. The zero-order valence-electron chi connectivity index (χ0n) is 10.5. The van der Waals surface area contributed by atoms with Crippen LogP contribution < -0.4 is 5.32 Å². The van der Waals surface area contributed by atoms with Crippen molar-refractivity contribution in [3.05, 3.63) is 28.8 Å². The number of hydrogen-bond acceptors (Lipinski definition) is 3. The fourth-order valence-electron chi connectivity index (χ4n) is 1.35. The molecule has 1 aromatic carbocycles. The van der Waals surface area contributed by atoms with Crippen molar-refractivity contribution in [2.24, 2.45) is 0 Å². The minimum Gasteiger partial charge on any atom is -0.389 e. The van der Waals surface area contributed by atoms with Crippen molar-refractivity contribution < 1.29 is 9.84 Å². The average molecular weight is 258 g/mol. The Morgan fingerprint density at radius 2 is 2.12 bits per heavy atom. The molecule has 1 unspecified atom stereocenters. The van der Waals surface area contributed by atoms with Crippen molar-refractivity contribution in [1.29, 1.82) is 0 Å². The third-order valence-corrected chi connectivity index (χ3v) is 2.59. The molecule has 0 aliphatic carbocycles. The fourth-order valence-corrected chi connectivity index (χ4v) is 1.66. The smallest absolute Gasteiger partial charge is 0.0945 e. The first-order valence-electron chi connectivity index (χ1n) is 5.78. The summed E-state index contributed by atoms with van der Waals surface area (Å²) >= 11 is 6.07. The Bertz CT molecular complexity index is 355. The van der Waals surface area contributed by atoms with Crippen molar-refractivity contribution in [1.82, 2.24) is 0 Å². The van der Waals surface area contributed by atoms with E-state index in [0.717, 1.165) is 11.3 Å². The van der Waals surface area contributed by atoms with E-state index < -0.39 is 6.10 Å². The summed E-state index contributed by atoms with van der Waals surface area (Å²) in [6.45, 7) is 6.62. The van der Waals surface area contributed by atoms with E-state index in [9.17, 15) is 5.11 Å². The van der Waals surface area contributed by atoms with Gasteiger partial charge in [-0.3, -0.25) is 0 Å². The van der Waals surface area contributed by atoms with E-state index in [0.29, 0.717) is 18.2 Å². The Labute approximate surface area is 108 Å². The van der Waals surface area contributed by atoms with Crippen LogP contribution in [-0.4, -0.2) is 30.5 Å². The summed E-state index contributed by atoms with van der Waals surface area (Å²) in [4.78, 5) is 0. The lowest BCUT2D eigenvalue weighted by atomic mass is 10.2. The lowest BCUT2D eigenvalue weighted by Crippen LogP contribution is -2.26. The summed E-state index contributed by atoms with van der Waals surface area (Å²) in [6, 6.07) is 5.78. The minimum absolute atomic E-state index is 0.132. The first-order valence-corrected chi connectivity index (χ1v) is 6.16. The predicted octanol–water partition coefficient (Wildman–Crippen LogP) is 2.85. The molecule has 0 fully saturated rings. The topological polar surface area (TPSA) is 41.5 Å². The van der Waals surface area contributed by atoms with Crippen LogP contribution >= 0.6 is 11.6 Å². The number of hydrogen-bond donors (Lipinski definition) is 2. The Morgan fingerprint density at radius 3 is 2.71 bits per heavy atom. The maximum absolute atomic E-state index is 9.67. The molecule has 0 aromatic heterocycles. The van der Waals surface area contributed by atoms with Crippen LogP contribution in [0.3, 0.4) is 0 Å². The first kappa shape index (κ1) is 14.3. The van der Waals surface area contributed by atoms with Crippen LogP contribution in [0.5, 0.6) is 0 Å². The van der Waals surface area contributed by atoms with Gasteiger partial charge in [0.15, 0.2) is 0 Å². The molecule has 0 saturated carbocycles. The molecule has 0 heterocycles. The first-order chi connectivity index (χ1) is 7.99. The van der Waals surface area contributed by atoms with E-state index in [2.05, 4.69) is 5.32 Å². The van der Waals surface area contributed by atoms with Crippen LogP contribution in [-0.2, 0) is 4.74 Å². The summed E-state index contributed by atoms with van der Waals surface area (Å²) in [5.74, 6) is 0. The van der Waals surface area contributed by atoms with Crippen molar-refractivity contribution >= 4 is 17.3 Å². The van der Waals surface area contributed by atoms with Gasteiger partial charge in [-0.15, -0.1) is 0 Å². The van der Waals surface area contributed by atoms with E-state index in [-0.39, 0.29) is 6.10 Å². The van der Waals surface area contributed by atoms with Gasteiger partial charge in [0, 0.05) is 6.54 Å². The number of aryl methyl sites for hydroxylation is 1. The third kappa shape index (κ3) is 5.39. The van der Waals surface area contributed by atoms with Gasteiger partial charge in [0.25, 0.3) is 0 Å². The molecule has 0 saturated heterocycles. The number of ether oxygens (including phenoxy) is 1. The number of anilines is 1. The summed E-state index contributed by atoms with van der Waals surface area (Å²) in [6.07, 6.45) is -0.401. The lowest BCUT2D eigenvalue weighted by Gasteiger charge is -2.15. The van der Waals surface area contributed by atoms with Gasteiger partial charge >= 0.3 is 0 Å². The van der Waals surface area contributed by atoms with Crippen LogP contribution in [0.4, 0.5) is 5.69 Å². The molecular weight excluding hydrogens is 238 g/mol. The number of aliphatic hydroxyl groups excluding tert-OH is 1. The Morgan fingerprint density at radius 1 is 1.41 bits per heavy atom. The number of halogens is 1. The zero-order chi connectivity index (χ0) is 12.8. The maximum atomic E-state index is 9.67. The van der Waals surface area contributed by atoms with Crippen molar-refractivity contribution in [3.8, 4) is 0 Å². The highest BCUT2D eigenvalue weighted by Gasteiger charge is 2.07. The Balaban J connectivity index is 2.39. The summed E-state index contributed by atoms with van der Waals surface area (Å²) in [7, 11) is 0. The number of aliphatic hydroxyl groups is 1. The van der Waals surface area contributed by atoms with Gasteiger partial charge in [-0.05, 0) is 38.5 Å². The zero-order valence-corrected chi connectivity index (χ0v) is 11.3. The van der Waals surface area contributed by atoms with Crippen LogP contribution in [0.1, 0.15) is 19.4 Å². The molecule has 3 nitrogen and oxygen atoms in total. The van der Waals surface area contributed by atoms with Crippen molar-refractivity contribution in [2.45, 2.75) is 33.0 Å². The SMILES string of the molecule is Cc1ccc(NCC(O)COC(C)C)c(Cl)c1. The highest BCUT2D eigenvalue weighted by Crippen LogP contribution is 2.22. The van der Waals surface area contributed by atoms with Gasteiger partial charge < -0.3 is 15.2 Å². The van der Waals surface area contributed by atoms with Gasteiger partial charge in [-0.2, -0.15) is 0 Å². The molecule has 17 heavy (non-hydrogen) atoms.